The number of nitriles is 1. The molecule has 3 rings (SSSR count). The van der Waals surface area contributed by atoms with Crippen molar-refractivity contribution in [2.75, 3.05) is 31.1 Å². The summed E-state index contributed by atoms with van der Waals surface area (Å²) >= 11 is 0. The van der Waals surface area contributed by atoms with Crippen LogP contribution in [0.4, 0.5) is 5.69 Å². The third kappa shape index (κ3) is 4.07. The minimum atomic E-state index is -0.550. The van der Waals surface area contributed by atoms with Crippen LogP contribution < -0.4 is 14.6 Å². The first-order valence-corrected chi connectivity index (χ1v) is 8.34. The van der Waals surface area contributed by atoms with Gasteiger partial charge in [-0.3, -0.25) is 4.79 Å². The van der Waals surface area contributed by atoms with Gasteiger partial charge in [0.15, 0.2) is 18.5 Å². The van der Waals surface area contributed by atoms with Crippen LogP contribution in [0.2, 0.25) is 0 Å². The molecule has 6 nitrogen and oxygen atoms in total. The topological polar surface area (TPSA) is 70.7 Å². The quantitative estimate of drug-likeness (QED) is 0.847. The van der Waals surface area contributed by atoms with Crippen molar-refractivity contribution in [3.8, 4) is 11.8 Å². The van der Waals surface area contributed by atoms with Crippen molar-refractivity contribution in [3.05, 3.63) is 54.4 Å². The lowest BCUT2D eigenvalue weighted by Gasteiger charge is -2.36. The van der Waals surface area contributed by atoms with Crippen molar-refractivity contribution in [2.45, 2.75) is 13.0 Å². The van der Waals surface area contributed by atoms with E-state index in [4.69, 9.17) is 10.00 Å². The molecule has 2 aromatic rings. The molecule has 1 aliphatic heterocycles. The summed E-state index contributed by atoms with van der Waals surface area (Å²) < 4.78 is 5.72. The summed E-state index contributed by atoms with van der Waals surface area (Å²) in [7, 11) is 0. The molecule has 0 spiro atoms. The number of nitrogens with one attached hydrogen (secondary N) is 1. The Morgan fingerprint density at radius 1 is 1.12 bits per heavy atom. The number of hydrogen-bond acceptors (Lipinski definition) is 4. The zero-order chi connectivity index (χ0) is 17.6. The highest BCUT2D eigenvalue weighted by atomic mass is 16.5. The number of rotatable bonds is 4. The van der Waals surface area contributed by atoms with Crippen LogP contribution in [0.15, 0.2) is 48.8 Å². The third-order valence-corrected chi connectivity index (χ3v) is 4.30. The number of nitrogens with zero attached hydrogens (tertiary/aromatic N) is 3. The van der Waals surface area contributed by atoms with E-state index in [-0.39, 0.29) is 5.91 Å². The summed E-state index contributed by atoms with van der Waals surface area (Å²) in [4.78, 5) is 19.7. The highest BCUT2D eigenvalue weighted by molar-refractivity contribution is 5.81. The summed E-state index contributed by atoms with van der Waals surface area (Å²) in [6.07, 6.45) is 3.26. The highest BCUT2D eigenvalue weighted by Gasteiger charge is 2.26. The van der Waals surface area contributed by atoms with Crippen LogP contribution in [0, 0.1) is 11.3 Å². The lowest BCUT2D eigenvalue weighted by atomic mass is 10.2. The molecule has 25 heavy (non-hydrogen) atoms. The van der Waals surface area contributed by atoms with Gasteiger partial charge in [0.2, 0.25) is 0 Å². The standard InChI is InChI=1S/C19H20N4O2/c1-15(25-18-4-2-16(14-20)3-5-18)19(24)23-12-10-22(11-13-23)17-6-8-21-9-7-17/h2-9,15H,10-13H2,1H3/p+1/t15-/m0/s1. The fourth-order valence-corrected chi connectivity index (χ4v) is 2.89. The monoisotopic (exact) mass is 337 g/mol. The van der Waals surface area contributed by atoms with Gasteiger partial charge >= 0.3 is 0 Å². The average molecular weight is 337 g/mol. The number of anilines is 1. The number of aromatic amines is 1. The van der Waals surface area contributed by atoms with Gasteiger partial charge in [-0.05, 0) is 31.2 Å². The number of pyridine rings is 1. The van der Waals surface area contributed by atoms with Gasteiger partial charge in [-0.25, -0.2) is 4.98 Å². The molecule has 1 aliphatic rings. The maximum atomic E-state index is 12.6. The van der Waals surface area contributed by atoms with Crippen LogP contribution in [0.3, 0.4) is 0 Å². The van der Waals surface area contributed by atoms with Gasteiger partial charge in [0, 0.05) is 44.0 Å². The molecule has 0 aliphatic carbocycles. The summed E-state index contributed by atoms with van der Waals surface area (Å²) in [5.41, 5.74) is 1.73. The molecular weight excluding hydrogens is 316 g/mol. The molecule has 0 bridgehead atoms. The number of benzene rings is 1. The maximum absolute atomic E-state index is 12.6. The molecule has 1 atom stereocenters. The average Bonchev–Trinajstić information content (AvgIpc) is 2.69. The van der Waals surface area contributed by atoms with Crippen molar-refractivity contribution in [1.82, 2.24) is 4.90 Å². The molecule has 6 heteroatoms. The van der Waals surface area contributed by atoms with Gasteiger partial charge in [0.25, 0.3) is 5.91 Å². The van der Waals surface area contributed by atoms with Gasteiger partial charge < -0.3 is 14.5 Å². The smallest absolute Gasteiger partial charge is 0.263 e. The molecular formula is C19H21N4O2+. The van der Waals surface area contributed by atoms with Crippen LogP contribution in [0.1, 0.15) is 12.5 Å². The van der Waals surface area contributed by atoms with E-state index in [0.717, 1.165) is 18.8 Å². The molecule has 0 saturated carbocycles. The SMILES string of the molecule is C[C@H](Oc1ccc(C#N)cc1)C(=O)N1CCN(c2cc[nH+]cc2)CC1. The van der Waals surface area contributed by atoms with E-state index in [1.807, 2.05) is 29.4 Å². The molecule has 1 N–H and O–H groups in total. The van der Waals surface area contributed by atoms with Crippen molar-refractivity contribution in [2.24, 2.45) is 0 Å². The number of piperazine rings is 1. The Morgan fingerprint density at radius 2 is 1.76 bits per heavy atom. The summed E-state index contributed by atoms with van der Waals surface area (Å²) in [6, 6.07) is 12.9. The number of carbonyl (C=O) groups excluding carboxylic acids is 1. The van der Waals surface area contributed by atoms with Crippen molar-refractivity contribution in [3.63, 3.8) is 0 Å². The minimum Gasteiger partial charge on any atom is -0.481 e. The number of carbonyl (C=O) groups is 1. The Labute approximate surface area is 147 Å². The van der Waals surface area contributed by atoms with E-state index in [1.54, 1.807) is 31.2 Å². The Kier molecular flexibility index (Phi) is 5.14. The van der Waals surface area contributed by atoms with Crippen molar-refractivity contribution >= 4 is 11.6 Å². The zero-order valence-corrected chi connectivity index (χ0v) is 14.2. The second-order valence-corrected chi connectivity index (χ2v) is 5.97. The second kappa shape index (κ2) is 7.67. The number of hydrogen-bond donors (Lipinski definition) is 0. The number of amides is 1. The first-order valence-electron chi connectivity index (χ1n) is 8.34. The molecule has 1 aromatic heterocycles. The molecule has 1 amide bonds. The van der Waals surface area contributed by atoms with Gasteiger partial charge in [0.05, 0.1) is 11.6 Å². The molecule has 1 saturated heterocycles. The van der Waals surface area contributed by atoms with E-state index in [0.29, 0.717) is 24.4 Å². The van der Waals surface area contributed by atoms with E-state index < -0.39 is 6.10 Å². The predicted octanol–water partition coefficient (Wildman–Crippen LogP) is 1.49. The predicted molar refractivity (Wildman–Crippen MR) is 93.0 cm³/mol. The van der Waals surface area contributed by atoms with E-state index in [1.165, 1.54) is 0 Å². The van der Waals surface area contributed by atoms with E-state index in [9.17, 15) is 4.79 Å². The van der Waals surface area contributed by atoms with Crippen LogP contribution in [-0.2, 0) is 4.79 Å². The largest absolute Gasteiger partial charge is 0.481 e. The Balaban J connectivity index is 1.54. The number of H-pyrrole nitrogens is 1. The fourth-order valence-electron chi connectivity index (χ4n) is 2.89. The highest BCUT2D eigenvalue weighted by Crippen LogP contribution is 2.17. The molecule has 1 fully saturated rings. The van der Waals surface area contributed by atoms with Gasteiger partial charge in [-0.15, -0.1) is 0 Å². The lowest BCUT2D eigenvalue weighted by molar-refractivity contribution is -0.377. The van der Waals surface area contributed by atoms with E-state index >= 15 is 0 Å². The van der Waals surface area contributed by atoms with Crippen LogP contribution in [0.25, 0.3) is 0 Å². The normalized spacial score (nSPS) is 15.4. The Morgan fingerprint density at radius 3 is 2.36 bits per heavy atom. The van der Waals surface area contributed by atoms with Gasteiger partial charge in [-0.2, -0.15) is 5.26 Å². The molecule has 2 heterocycles. The summed E-state index contributed by atoms with van der Waals surface area (Å²) in [5.74, 6) is 0.587. The first-order chi connectivity index (χ1) is 12.2. The van der Waals surface area contributed by atoms with Gasteiger partial charge in [-0.1, -0.05) is 0 Å². The van der Waals surface area contributed by atoms with Crippen LogP contribution >= 0.6 is 0 Å². The van der Waals surface area contributed by atoms with Crippen molar-refractivity contribution < 1.29 is 14.5 Å². The Hall–Kier alpha value is -3.07. The van der Waals surface area contributed by atoms with Crippen molar-refractivity contribution in [1.29, 1.82) is 5.26 Å². The molecule has 0 unspecified atom stereocenters. The second-order valence-electron chi connectivity index (χ2n) is 5.97. The fraction of sp³-hybridized carbons (Fsp3) is 0.316. The zero-order valence-electron chi connectivity index (χ0n) is 14.2. The summed E-state index contributed by atoms with van der Waals surface area (Å²) in [6.45, 7) is 4.73. The molecule has 1 aromatic carbocycles. The first kappa shape index (κ1) is 16.8. The van der Waals surface area contributed by atoms with Crippen LogP contribution in [0.5, 0.6) is 5.75 Å². The molecule has 0 radical (unpaired) electrons. The number of aromatic nitrogens is 1. The molecule has 128 valence electrons. The van der Waals surface area contributed by atoms with Crippen LogP contribution in [-0.4, -0.2) is 43.1 Å². The van der Waals surface area contributed by atoms with Gasteiger partial charge in [0.1, 0.15) is 5.75 Å². The van der Waals surface area contributed by atoms with E-state index in [2.05, 4.69) is 16.0 Å². The maximum Gasteiger partial charge on any atom is 0.263 e. The minimum absolute atomic E-state index is 0.00888. The lowest BCUT2D eigenvalue weighted by Crippen LogP contribution is -2.52. The Bertz CT molecular complexity index is 747. The third-order valence-electron chi connectivity index (χ3n) is 4.30. The summed E-state index contributed by atoms with van der Waals surface area (Å²) in [5, 5.41) is 8.82. The number of ether oxygens (including phenoxy) is 1.